The van der Waals surface area contributed by atoms with E-state index in [9.17, 15) is 9.59 Å². The van der Waals surface area contributed by atoms with Crippen molar-refractivity contribution in [3.63, 3.8) is 0 Å². The van der Waals surface area contributed by atoms with Crippen molar-refractivity contribution in [2.24, 2.45) is 0 Å². The summed E-state index contributed by atoms with van der Waals surface area (Å²) >= 11 is 0. The Morgan fingerprint density at radius 3 is 2.14 bits per heavy atom. The maximum Gasteiger partial charge on any atom is 0.338 e. The first-order chi connectivity index (χ1) is 16.6. The van der Waals surface area contributed by atoms with Gasteiger partial charge in [-0.05, 0) is 83.0 Å². The van der Waals surface area contributed by atoms with Crippen molar-refractivity contribution in [3.8, 4) is 11.3 Å². The molecule has 0 bridgehead atoms. The summed E-state index contributed by atoms with van der Waals surface area (Å²) < 4.78 is 5.24. The van der Waals surface area contributed by atoms with E-state index in [1.807, 2.05) is 71.9 Å². The first-order valence-corrected chi connectivity index (χ1v) is 11.7. The molecular formula is C30H30N2O3. The van der Waals surface area contributed by atoms with E-state index < -0.39 is 0 Å². The Bertz CT molecular complexity index is 1420. The van der Waals surface area contributed by atoms with Crippen LogP contribution in [-0.4, -0.2) is 23.0 Å². The number of anilines is 1. The molecule has 0 atom stereocenters. The highest BCUT2D eigenvalue weighted by Crippen LogP contribution is 2.32. The molecule has 1 N–H and O–H groups in total. The molecule has 3 aromatic carbocycles. The number of rotatable bonds is 5. The van der Waals surface area contributed by atoms with Crippen LogP contribution in [0.25, 0.3) is 22.2 Å². The number of ether oxygens (including phenoxy) is 1. The van der Waals surface area contributed by atoms with Crippen LogP contribution in [0.2, 0.25) is 0 Å². The maximum absolute atomic E-state index is 13.6. The molecule has 5 nitrogen and oxygen atoms in total. The Hall–Kier alpha value is -3.99. The molecule has 35 heavy (non-hydrogen) atoms. The third-order valence-electron chi connectivity index (χ3n) is 5.94. The number of aryl methyl sites for hydroxylation is 3. The fraction of sp³-hybridized carbons (Fsp3) is 0.233. The fourth-order valence-electron chi connectivity index (χ4n) is 4.27. The van der Waals surface area contributed by atoms with Crippen molar-refractivity contribution >= 4 is 28.5 Å². The largest absolute Gasteiger partial charge is 0.459 e. The van der Waals surface area contributed by atoms with Crippen LogP contribution in [0.3, 0.4) is 0 Å². The molecule has 4 rings (SSSR count). The number of aromatic nitrogens is 1. The third kappa shape index (κ3) is 5.09. The van der Waals surface area contributed by atoms with Gasteiger partial charge in [0.05, 0.1) is 28.4 Å². The molecule has 0 fully saturated rings. The number of pyridine rings is 1. The smallest absolute Gasteiger partial charge is 0.338 e. The Balaban J connectivity index is 1.77. The van der Waals surface area contributed by atoms with Crippen LogP contribution in [0.1, 0.15) is 56.8 Å². The Kier molecular flexibility index (Phi) is 6.70. The second kappa shape index (κ2) is 9.71. The van der Waals surface area contributed by atoms with Crippen molar-refractivity contribution in [1.82, 2.24) is 4.98 Å². The van der Waals surface area contributed by atoms with Gasteiger partial charge >= 0.3 is 5.97 Å². The second-order valence-electron chi connectivity index (χ2n) is 9.29. The molecule has 1 amide bonds. The topological polar surface area (TPSA) is 68.3 Å². The Morgan fingerprint density at radius 1 is 0.857 bits per heavy atom. The predicted molar refractivity (Wildman–Crippen MR) is 141 cm³/mol. The molecule has 0 aliphatic heterocycles. The molecule has 4 aromatic rings. The minimum Gasteiger partial charge on any atom is -0.459 e. The first kappa shape index (κ1) is 24.1. The van der Waals surface area contributed by atoms with Gasteiger partial charge in [0.15, 0.2) is 0 Å². The fourth-order valence-corrected chi connectivity index (χ4v) is 4.27. The van der Waals surface area contributed by atoms with E-state index >= 15 is 0 Å². The monoisotopic (exact) mass is 466 g/mol. The van der Waals surface area contributed by atoms with E-state index in [0.717, 1.165) is 44.4 Å². The number of hydrogen-bond acceptors (Lipinski definition) is 4. The number of nitrogens with one attached hydrogen (secondary N) is 1. The van der Waals surface area contributed by atoms with Crippen molar-refractivity contribution < 1.29 is 14.3 Å². The molecule has 5 heteroatoms. The van der Waals surface area contributed by atoms with Crippen molar-refractivity contribution in [2.45, 2.75) is 47.6 Å². The lowest BCUT2D eigenvalue weighted by molar-refractivity contribution is 0.0378. The van der Waals surface area contributed by atoms with Gasteiger partial charge in [-0.3, -0.25) is 4.79 Å². The van der Waals surface area contributed by atoms with Gasteiger partial charge in [0, 0.05) is 16.6 Å². The van der Waals surface area contributed by atoms with Crippen molar-refractivity contribution in [1.29, 1.82) is 0 Å². The average molecular weight is 467 g/mol. The molecule has 178 valence electrons. The highest BCUT2D eigenvalue weighted by Gasteiger charge is 2.21. The molecule has 0 unspecified atom stereocenters. The lowest BCUT2D eigenvalue weighted by Crippen LogP contribution is -2.16. The molecule has 0 aliphatic rings. The summed E-state index contributed by atoms with van der Waals surface area (Å²) in [5.74, 6) is -0.603. The summed E-state index contributed by atoms with van der Waals surface area (Å²) in [4.78, 5) is 30.8. The molecule has 1 heterocycles. The number of esters is 1. The zero-order valence-electron chi connectivity index (χ0n) is 21.0. The number of fused-ring (bicyclic) bond motifs is 1. The standard InChI is InChI=1S/C30H30N2O3/c1-17(2)35-30(34)23-11-13-24(14-12-23)31-29(33)26-21(6)28(22-9-7-18(3)8-10-22)32-27-20(5)15-19(4)16-25(26)27/h7-17H,1-6H3,(H,31,33). The molecule has 0 radical (unpaired) electrons. The van der Waals surface area contributed by atoms with Crippen LogP contribution in [0.5, 0.6) is 0 Å². The SMILES string of the molecule is Cc1ccc(-c2nc3c(C)cc(C)cc3c(C(=O)Nc3ccc(C(=O)OC(C)C)cc3)c2C)cc1. The van der Waals surface area contributed by atoms with E-state index in [1.165, 1.54) is 0 Å². The van der Waals surface area contributed by atoms with Gasteiger partial charge in [-0.2, -0.15) is 0 Å². The van der Waals surface area contributed by atoms with Crippen LogP contribution in [-0.2, 0) is 4.74 Å². The van der Waals surface area contributed by atoms with Gasteiger partial charge in [0.25, 0.3) is 5.91 Å². The molecule has 1 aromatic heterocycles. The third-order valence-corrected chi connectivity index (χ3v) is 5.94. The number of carbonyl (C=O) groups excluding carboxylic acids is 2. The summed E-state index contributed by atoms with van der Waals surface area (Å²) in [6.45, 7) is 11.6. The van der Waals surface area contributed by atoms with Crippen molar-refractivity contribution in [2.75, 3.05) is 5.32 Å². The molecule has 0 aliphatic carbocycles. The van der Waals surface area contributed by atoms with Crippen LogP contribution in [0.15, 0.2) is 60.7 Å². The quantitative estimate of drug-likeness (QED) is 0.323. The average Bonchev–Trinajstić information content (AvgIpc) is 2.79. The van der Waals surface area contributed by atoms with Crippen LogP contribution in [0, 0.1) is 27.7 Å². The van der Waals surface area contributed by atoms with Crippen LogP contribution in [0.4, 0.5) is 5.69 Å². The van der Waals surface area contributed by atoms with Gasteiger partial charge in [0.1, 0.15) is 0 Å². The van der Waals surface area contributed by atoms with Gasteiger partial charge < -0.3 is 10.1 Å². The molecule has 0 saturated carbocycles. The number of nitrogens with zero attached hydrogens (tertiary/aromatic N) is 1. The summed E-state index contributed by atoms with van der Waals surface area (Å²) in [6.07, 6.45) is -0.195. The summed E-state index contributed by atoms with van der Waals surface area (Å²) in [7, 11) is 0. The highest BCUT2D eigenvalue weighted by atomic mass is 16.5. The number of hydrogen-bond donors (Lipinski definition) is 1. The van der Waals surface area contributed by atoms with E-state index in [4.69, 9.17) is 9.72 Å². The summed E-state index contributed by atoms with van der Waals surface area (Å²) in [5, 5.41) is 3.83. The van der Waals surface area contributed by atoms with Gasteiger partial charge in [-0.25, -0.2) is 9.78 Å². The first-order valence-electron chi connectivity index (χ1n) is 11.7. The van der Waals surface area contributed by atoms with Crippen molar-refractivity contribution in [3.05, 3.63) is 94.0 Å². The highest BCUT2D eigenvalue weighted by molar-refractivity contribution is 6.15. The van der Waals surface area contributed by atoms with E-state index in [2.05, 4.69) is 11.4 Å². The Labute approximate surface area is 206 Å². The normalized spacial score (nSPS) is 11.1. The summed E-state index contributed by atoms with van der Waals surface area (Å²) in [6, 6.07) is 19.0. The number of benzene rings is 3. The molecular weight excluding hydrogens is 436 g/mol. The van der Waals surface area contributed by atoms with E-state index in [0.29, 0.717) is 16.8 Å². The van der Waals surface area contributed by atoms with Gasteiger partial charge in [0.2, 0.25) is 0 Å². The van der Waals surface area contributed by atoms with Crippen LogP contribution < -0.4 is 5.32 Å². The molecule has 0 spiro atoms. The van der Waals surface area contributed by atoms with Gasteiger partial charge in [-0.1, -0.05) is 41.5 Å². The zero-order chi connectivity index (χ0) is 25.3. The Morgan fingerprint density at radius 2 is 1.51 bits per heavy atom. The van der Waals surface area contributed by atoms with E-state index in [-0.39, 0.29) is 18.0 Å². The second-order valence-corrected chi connectivity index (χ2v) is 9.29. The van der Waals surface area contributed by atoms with Gasteiger partial charge in [-0.15, -0.1) is 0 Å². The minimum atomic E-state index is -0.387. The number of amides is 1. The maximum atomic E-state index is 13.6. The van der Waals surface area contributed by atoms with Crippen LogP contribution >= 0.6 is 0 Å². The lowest BCUT2D eigenvalue weighted by Gasteiger charge is -2.17. The molecule has 0 saturated heterocycles. The zero-order valence-corrected chi connectivity index (χ0v) is 21.0. The lowest BCUT2D eigenvalue weighted by atomic mass is 9.94. The number of carbonyl (C=O) groups is 2. The minimum absolute atomic E-state index is 0.195. The predicted octanol–water partition coefficient (Wildman–Crippen LogP) is 6.95. The van der Waals surface area contributed by atoms with E-state index in [1.54, 1.807) is 24.3 Å². The summed E-state index contributed by atoms with van der Waals surface area (Å²) in [5.41, 5.74) is 8.29.